The van der Waals surface area contributed by atoms with E-state index >= 15 is 0 Å². The van der Waals surface area contributed by atoms with Crippen LogP contribution in [-0.4, -0.2) is 34.2 Å². The summed E-state index contributed by atoms with van der Waals surface area (Å²) in [5.74, 6) is -1.30. The second-order valence-electron chi connectivity index (χ2n) is 6.30. The summed E-state index contributed by atoms with van der Waals surface area (Å²) in [4.78, 5) is 18.7. The van der Waals surface area contributed by atoms with Gasteiger partial charge in [-0.1, -0.05) is 23.4 Å². The number of alkyl halides is 3. The van der Waals surface area contributed by atoms with E-state index in [0.29, 0.717) is 16.9 Å². The van der Waals surface area contributed by atoms with Crippen molar-refractivity contribution in [1.29, 1.82) is 0 Å². The van der Waals surface area contributed by atoms with Gasteiger partial charge in [-0.25, -0.2) is 0 Å². The highest BCUT2D eigenvalue weighted by Crippen LogP contribution is 2.29. The van der Waals surface area contributed by atoms with Crippen LogP contribution in [0.5, 0.6) is 5.75 Å². The molecule has 0 aliphatic heterocycles. The van der Waals surface area contributed by atoms with Gasteiger partial charge >= 0.3 is 12.1 Å². The molecule has 0 aliphatic rings. The Morgan fingerprint density at radius 2 is 1.90 bits per heavy atom. The maximum absolute atomic E-state index is 12.5. The molecule has 154 valence electrons. The van der Waals surface area contributed by atoms with Gasteiger partial charge in [0.2, 0.25) is 5.82 Å². The summed E-state index contributed by atoms with van der Waals surface area (Å²) in [5.41, 5.74) is 1.78. The van der Waals surface area contributed by atoms with E-state index in [9.17, 15) is 18.0 Å². The van der Waals surface area contributed by atoms with E-state index < -0.39 is 12.1 Å². The van der Waals surface area contributed by atoms with E-state index in [-0.39, 0.29) is 24.9 Å². The molecule has 0 saturated heterocycles. The third-order valence-corrected chi connectivity index (χ3v) is 4.27. The number of nitrogens with zero attached hydrogens (tertiary/aromatic N) is 2. The van der Waals surface area contributed by atoms with Crippen LogP contribution in [0.15, 0.2) is 59.3 Å². The van der Waals surface area contributed by atoms with Crippen molar-refractivity contribution in [3.63, 3.8) is 0 Å². The number of fused-ring (bicyclic) bond motifs is 1. The molecule has 0 bridgehead atoms. The number of halogens is 3. The number of benzene rings is 2. The van der Waals surface area contributed by atoms with Crippen molar-refractivity contribution in [2.45, 2.75) is 6.18 Å². The molecular formula is C20H15F3N4O3. The van der Waals surface area contributed by atoms with Crippen molar-refractivity contribution in [2.24, 2.45) is 0 Å². The minimum Gasteiger partial charge on any atom is -0.492 e. The molecule has 30 heavy (non-hydrogen) atoms. The Kier molecular flexibility index (Phi) is 5.13. The molecule has 1 amide bonds. The SMILES string of the molecule is O=C(NCCOc1ccc(-c2noc(C(F)(F)F)n2)cc1)c1c[nH]c2ccccc12. The first-order valence-electron chi connectivity index (χ1n) is 8.90. The molecule has 0 saturated carbocycles. The zero-order valence-corrected chi connectivity index (χ0v) is 15.4. The number of aromatic nitrogens is 3. The number of aromatic amines is 1. The average molecular weight is 416 g/mol. The van der Waals surface area contributed by atoms with E-state index in [4.69, 9.17) is 4.74 Å². The minimum atomic E-state index is -4.69. The lowest BCUT2D eigenvalue weighted by Crippen LogP contribution is -2.27. The van der Waals surface area contributed by atoms with Gasteiger partial charge in [0.25, 0.3) is 5.91 Å². The fourth-order valence-corrected chi connectivity index (χ4v) is 2.84. The van der Waals surface area contributed by atoms with Crippen molar-refractivity contribution >= 4 is 16.8 Å². The second-order valence-corrected chi connectivity index (χ2v) is 6.30. The number of rotatable bonds is 6. The molecule has 2 aromatic heterocycles. The van der Waals surface area contributed by atoms with Crippen LogP contribution in [0.25, 0.3) is 22.3 Å². The minimum absolute atomic E-state index is 0.167. The van der Waals surface area contributed by atoms with Gasteiger partial charge in [-0.15, -0.1) is 0 Å². The van der Waals surface area contributed by atoms with Gasteiger partial charge in [0.1, 0.15) is 12.4 Å². The topological polar surface area (TPSA) is 93.0 Å². The number of amides is 1. The molecule has 4 aromatic rings. The number of carbonyl (C=O) groups excluding carboxylic acids is 1. The quantitative estimate of drug-likeness (QED) is 0.463. The number of nitrogens with one attached hydrogen (secondary N) is 2. The summed E-state index contributed by atoms with van der Waals surface area (Å²) >= 11 is 0. The highest BCUT2D eigenvalue weighted by molar-refractivity contribution is 6.06. The second kappa shape index (κ2) is 7.90. The third kappa shape index (κ3) is 4.12. The maximum atomic E-state index is 12.5. The Labute approximate surface area is 167 Å². The smallest absolute Gasteiger partial charge is 0.471 e. The lowest BCUT2D eigenvalue weighted by Gasteiger charge is -2.08. The predicted molar refractivity (Wildman–Crippen MR) is 101 cm³/mol. The zero-order valence-electron chi connectivity index (χ0n) is 15.4. The summed E-state index contributed by atoms with van der Waals surface area (Å²) in [6.07, 6.45) is -3.03. The van der Waals surface area contributed by atoms with Gasteiger partial charge in [-0.05, 0) is 30.3 Å². The van der Waals surface area contributed by atoms with Crippen LogP contribution in [0.3, 0.4) is 0 Å². The van der Waals surface area contributed by atoms with Crippen LogP contribution in [-0.2, 0) is 6.18 Å². The molecular weight excluding hydrogens is 401 g/mol. The van der Waals surface area contributed by atoms with Gasteiger partial charge < -0.3 is 19.6 Å². The van der Waals surface area contributed by atoms with Gasteiger partial charge in [-0.3, -0.25) is 4.79 Å². The first-order valence-corrected chi connectivity index (χ1v) is 8.90. The first-order chi connectivity index (χ1) is 14.4. The highest BCUT2D eigenvalue weighted by atomic mass is 19.4. The number of ether oxygens (including phenoxy) is 1. The normalized spacial score (nSPS) is 11.6. The molecule has 0 atom stereocenters. The zero-order chi connectivity index (χ0) is 21.1. The summed E-state index contributed by atoms with van der Waals surface area (Å²) < 4.78 is 47.3. The van der Waals surface area contributed by atoms with Crippen LogP contribution >= 0.6 is 0 Å². The standard InChI is InChI=1S/C20H15F3N4O3/c21-20(22,23)19-26-17(27-30-19)12-5-7-13(8-6-12)29-10-9-24-18(28)15-11-25-16-4-2-1-3-14(15)16/h1-8,11,25H,9-10H2,(H,24,28). The van der Waals surface area contributed by atoms with E-state index in [2.05, 4.69) is 25.0 Å². The summed E-state index contributed by atoms with van der Waals surface area (Å²) in [6.45, 7) is 0.494. The molecule has 0 unspecified atom stereocenters. The van der Waals surface area contributed by atoms with Crippen LogP contribution in [0, 0.1) is 0 Å². The highest BCUT2D eigenvalue weighted by Gasteiger charge is 2.38. The van der Waals surface area contributed by atoms with Crippen LogP contribution in [0.1, 0.15) is 16.2 Å². The maximum Gasteiger partial charge on any atom is 0.471 e. The summed E-state index contributed by atoms with van der Waals surface area (Å²) in [7, 11) is 0. The van der Waals surface area contributed by atoms with Crippen molar-refractivity contribution in [3.05, 3.63) is 66.2 Å². The van der Waals surface area contributed by atoms with Crippen molar-refractivity contribution in [1.82, 2.24) is 20.4 Å². The number of hydrogen-bond donors (Lipinski definition) is 2. The molecule has 7 nitrogen and oxygen atoms in total. The fourth-order valence-electron chi connectivity index (χ4n) is 2.84. The predicted octanol–water partition coefficient (Wildman–Crippen LogP) is 4.05. The number of carbonyl (C=O) groups is 1. The molecule has 2 N–H and O–H groups in total. The lowest BCUT2D eigenvalue weighted by molar-refractivity contribution is -0.159. The lowest BCUT2D eigenvalue weighted by atomic mass is 10.1. The van der Waals surface area contributed by atoms with Crippen LogP contribution in [0.4, 0.5) is 13.2 Å². The first kappa shape index (κ1) is 19.5. The van der Waals surface area contributed by atoms with E-state index in [0.717, 1.165) is 10.9 Å². The Balaban J connectivity index is 1.29. The third-order valence-electron chi connectivity index (χ3n) is 4.27. The van der Waals surface area contributed by atoms with Gasteiger partial charge in [-0.2, -0.15) is 18.2 Å². The Morgan fingerprint density at radius 3 is 2.63 bits per heavy atom. The molecule has 0 radical (unpaired) electrons. The van der Waals surface area contributed by atoms with Gasteiger partial charge in [0, 0.05) is 22.7 Å². The number of para-hydroxylation sites is 1. The molecule has 0 fully saturated rings. The average Bonchev–Trinajstić information content (AvgIpc) is 3.39. The van der Waals surface area contributed by atoms with Gasteiger partial charge in [0.05, 0.1) is 12.1 Å². The Morgan fingerprint density at radius 1 is 1.13 bits per heavy atom. The van der Waals surface area contributed by atoms with Crippen molar-refractivity contribution in [3.8, 4) is 17.1 Å². The number of hydrogen-bond acceptors (Lipinski definition) is 5. The molecule has 2 aromatic carbocycles. The van der Waals surface area contributed by atoms with E-state index in [1.54, 1.807) is 18.3 Å². The Bertz CT molecular complexity index is 1170. The fraction of sp³-hybridized carbons (Fsp3) is 0.150. The molecule has 10 heteroatoms. The molecule has 0 aliphatic carbocycles. The summed E-state index contributed by atoms with van der Waals surface area (Å²) in [5, 5.41) is 6.94. The van der Waals surface area contributed by atoms with Crippen molar-refractivity contribution in [2.75, 3.05) is 13.2 Å². The van der Waals surface area contributed by atoms with E-state index in [1.807, 2.05) is 24.3 Å². The molecule has 2 heterocycles. The monoisotopic (exact) mass is 416 g/mol. The molecule has 4 rings (SSSR count). The summed E-state index contributed by atoms with van der Waals surface area (Å²) in [6, 6.07) is 13.7. The van der Waals surface area contributed by atoms with E-state index in [1.165, 1.54) is 12.1 Å². The van der Waals surface area contributed by atoms with Crippen LogP contribution in [0.2, 0.25) is 0 Å². The van der Waals surface area contributed by atoms with Gasteiger partial charge in [0.15, 0.2) is 0 Å². The van der Waals surface area contributed by atoms with Crippen molar-refractivity contribution < 1.29 is 27.2 Å². The number of H-pyrrole nitrogens is 1. The van der Waals surface area contributed by atoms with Crippen LogP contribution < -0.4 is 10.1 Å². The Hall–Kier alpha value is -3.82. The molecule has 0 spiro atoms. The largest absolute Gasteiger partial charge is 0.492 e.